The molecule has 1 aliphatic rings. The van der Waals surface area contributed by atoms with Crippen molar-refractivity contribution in [3.05, 3.63) is 17.7 Å². The topological polar surface area (TPSA) is 37.0 Å². The summed E-state index contributed by atoms with van der Waals surface area (Å²) in [6.07, 6.45) is 6.11. The summed E-state index contributed by atoms with van der Waals surface area (Å²) in [4.78, 5) is 3.98. The maximum Gasteiger partial charge on any atom is 0.168 e. The van der Waals surface area contributed by atoms with Gasteiger partial charge in [0.2, 0.25) is 0 Å². The van der Waals surface area contributed by atoms with Gasteiger partial charge in [-0.2, -0.15) is 0 Å². The zero-order chi connectivity index (χ0) is 15.2. The number of halogens is 2. The van der Waals surface area contributed by atoms with Gasteiger partial charge in [-0.05, 0) is 25.2 Å². The van der Waals surface area contributed by atoms with E-state index in [4.69, 9.17) is 0 Å². The van der Waals surface area contributed by atoms with Crippen molar-refractivity contribution in [2.75, 3.05) is 23.7 Å². The molecule has 118 valence electrons. The van der Waals surface area contributed by atoms with Crippen LogP contribution < -0.4 is 10.6 Å². The SMILES string of the molecule is CCNc1nc(NCCC2CCC(C)CC2)c(F)cc1F. The van der Waals surface area contributed by atoms with E-state index < -0.39 is 11.6 Å². The summed E-state index contributed by atoms with van der Waals surface area (Å²) in [5.74, 6) is 0.510. The number of pyridine rings is 1. The molecule has 1 fully saturated rings. The van der Waals surface area contributed by atoms with Crippen molar-refractivity contribution in [2.45, 2.75) is 46.0 Å². The van der Waals surface area contributed by atoms with E-state index >= 15 is 0 Å². The van der Waals surface area contributed by atoms with Crippen LogP contribution >= 0.6 is 0 Å². The van der Waals surface area contributed by atoms with Crippen LogP contribution in [0.3, 0.4) is 0 Å². The molecule has 0 amide bonds. The predicted octanol–water partition coefficient (Wildman–Crippen LogP) is 4.42. The lowest BCUT2D eigenvalue weighted by Gasteiger charge is -2.26. The first-order chi connectivity index (χ1) is 10.1. The molecular formula is C16H25F2N3. The highest BCUT2D eigenvalue weighted by Crippen LogP contribution is 2.30. The molecule has 0 unspecified atom stereocenters. The average Bonchev–Trinajstić information content (AvgIpc) is 2.46. The Bertz CT molecular complexity index is 457. The normalized spacial score (nSPS) is 22.1. The Labute approximate surface area is 125 Å². The Kier molecular flexibility index (Phi) is 5.76. The Balaban J connectivity index is 1.86. The molecule has 0 atom stereocenters. The number of anilines is 2. The molecule has 1 aromatic rings. The molecule has 1 saturated carbocycles. The van der Waals surface area contributed by atoms with Crippen molar-refractivity contribution < 1.29 is 8.78 Å². The zero-order valence-corrected chi connectivity index (χ0v) is 12.9. The summed E-state index contributed by atoms with van der Waals surface area (Å²) in [7, 11) is 0. The van der Waals surface area contributed by atoms with Crippen molar-refractivity contribution in [1.82, 2.24) is 4.98 Å². The molecule has 0 aromatic carbocycles. The molecule has 0 spiro atoms. The number of aromatic nitrogens is 1. The minimum absolute atomic E-state index is 0.105. The van der Waals surface area contributed by atoms with Gasteiger partial charge >= 0.3 is 0 Å². The van der Waals surface area contributed by atoms with Crippen molar-refractivity contribution in [3.8, 4) is 0 Å². The van der Waals surface area contributed by atoms with E-state index in [0.29, 0.717) is 19.0 Å². The van der Waals surface area contributed by atoms with Gasteiger partial charge in [0.15, 0.2) is 23.3 Å². The molecule has 0 saturated heterocycles. The Morgan fingerprint density at radius 2 is 1.71 bits per heavy atom. The quantitative estimate of drug-likeness (QED) is 0.816. The first-order valence-electron chi connectivity index (χ1n) is 7.94. The molecule has 1 aromatic heterocycles. The van der Waals surface area contributed by atoms with E-state index in [1.165, 1.54) is 25.7 Å². The van der Waals surface area contributed by atoms with Crippen LogP contribution in [0.25, 0.3) is 0 Å². The van der Waals surface area contributed by atoms with E-state index in [1.54, 1.807) is 0 Å². The number of hydrogen-bond donors (Lipinski definition) is 2. The molecule has 2 rings (SSSR count). The summed E-state index contributed by atoms with van der Waals surface area (Å²) >= 11 is 0. The number of nitrogens with one attached hydrogen (secondary N) is 2. The molecule has 2 N–H and O–H groups in total. The van der Waals surface area contributed by atoms with E-state index in [1.807, 2.05) is 6.92 Å². The highest BCUT2D eigenvalue weighted by atomic mass is 19.1. The molecule has 21 heavy (non-hydrogen) atoms. The molecule has 0 aliphatic heterocycles. The Morgan fingerprint density at radius 1 is 1.10 bits per heavy atom. The third kappa shape index (κ3) is 4.55. The Morgan fingerprint density at radius 3 is 2.33 bits per heavy atom. The van der Waals surface area contributed by atoms with Crippen LogP contribution in [0.5, 0.6) is 0 Å². The van der Waals surface area contributed by atoms with E-state index in [-0.39, 0.29) is 11.6 Å². The highest BCUT2D eigenvalue weighted by molar-refractivity contribution is 5.47. The maximum absolute atomic E-state index is 13.7. The zero-order valence-electron chi connectivity index (χ0n) is 12.9. The Hall–Kier alpha value is -1.39. The fourth-order valence-electron chi connectivity index (χ4n) is 2.89. The summed E-state index contributed by atoms with van der Waals surface area (Å²) < 4.78 is 27.2. The van der Waals surface area contributed by atoms with Crippen LogP contribution in [0, 0.1) is 23.5 Å². The van der Waals surface area contributed by atoms with Crippen LogP contribution in [0.4, 0.5) is 20.4 Å². The fraction of sp³-hybridized carbons (Fsp3) is 0.688. The lowest BCUT2D eigenvalue weighted by Crippen LogP contribution is -2.17. The standard InChI is InChI=1S/C16H25F2N3/c1-3-19-15-13(17)10-14(18)16(21-15)20-9-8-12-6-4-11(2)5-7-12/h10-12H,3-9H2,1-2H3,(H2,19,20,21). The van der Waals surface area contributed by atoms with Crippen LogP contribution in [0.1, 0.15) is 46.0 Å². The van der Waals surface area contributed by atoms with Gasteiger partial charge in [0.1, 0.15) is 0 Å². The summed E-state index contributed by atoms with van der Waals surface area (Å²) in [5.41, 5.74) is 0. The molecule has 5 heteroatoms. The summed E-state index contributed by atoms with van der Waals surface area (Å²) in [5, 5.41) is 5.80. The number of hydrogen-bond acceptors (Lipinski definition) is 3. The second-order valence-corrected chi connectivity index (χ2v) is 6.02. The van der Waals surface area contributed by atoms with Gasteiger partial charge in [-0.3, -0.25) is 0 Å². The minimum atomic E-state index is -0.652. The molecular weight excluding hydrogens is 272 g/mol. The monoisotopic (exact) mass is 297 g/mol. The van der Waals surface area contributed by atoms with Crippen LogP contribution in [0.2, 0.25) is 0 Å². The second-order valence-electron chi connectivity index (χ2n) is 6.02. The average molecular weight is 297 g/mol. The van der Waals surface area contributed by atoms with E-state index in [2.05, 4.69) is 22.5 Å². The lowest BCUT2D eigenvalue weighted by atomic mass is 9.81. The first-order valence-corrected chi connectivity index (χ1v) is 7.94. The smallest absolute Gasteiger partial charge is 0.168 e. The molecule has 3 nitrogen and oxygen atoms in total. The predicted molar refractivity (Wildman–Crippen MR) is 82.5 cm³/mol. The van der Waals surface area contributed by atoms with Gasteiger partial charge in [0, 0.05) is 19.2 Å². The number of rotatable bonds is 6. The second kappa shape index (κ2) is 7.57. The fourth-order valence-corrected chi connectivity index (χ4v) is 2.89. The van der Waals surface area contributed by atoms with Gasteiger partial charge < -0.3 is 10.6 Å². The number of nitrogens with zero attached hydrogens (tertiary/aromatic N) is 1. The summed E-state index contributed by atoms with van der Waals surface area (Å²) in [6.45, 7) is 5.38. The van der Waals surface area contributed by atoms with E-state index in [0.717, 1.165) is 18.4 Å². The van der Waals surface area contributed by atoms with Crippen LogP contribution in [-0.4, -0.2) is 18.1 Å². The van der Waals surface area contributed by atoms with E-state index in [9.17, 15) is 8.78 Å². The third-order valence-electron chi connectivity index (χ3n) is 4.25. The highest BCUT2D eigenvalue weighted by Gasteiger charge is 2.18. The van der Waals surface area contributed by atoms with Crippen molar-refractivity contribution in [3.63, 3.8) is 0 Å². The van der Waals surface area contributed by atoms with Crippen molar-refractivity contribution >= 4 is 11.6 Å². The molecule has 0 radical (unpaired) electrons. The van der Waals surface area contributed by atoms with Crippen LogP contribution in [-0.2, 0) is 0 Å². The van der Waals surface area contributed by atoms with Crippen molar-refractivity contribution in [2.24, 2.45) is 11.8 Å². The van der Waals surface area contributed by atoms with Gasteiger partial charge in [0.25, 0.3) is 0 Å². The molecule has 1 heterocycles. The molecule has 0 bridgehead atoms. The first kappa shape index (κ1) is 16.0. The van der Waals surface area contributed by atoms with Gasteiger partial charge in [-0.1, -0.05) is 32.6 Å². The van der Waals surface area contributed by atoms with Gasteiger partial charge in [0.05, 0.1) is 0 Å². The van der Waals surface area contributed by atoms with Gasteiger partial charge in [-0.15, -0.1) is 0 Å². The largest absolute Gasteiger partial charge is 0.368 e. The lowest BCUT2D eigenvalue weighted by molar-refractivity contribution is 0.282. The van der Waals surface area contributed by atoms with Gasteiger partial charge in [-0.25, -0.2) is 13.8 Å². The third-order valence-corrected chi connectivity index (χ3v) is 4.25. The maximum atomic E-state index is 13.7. The molecule has 1 aliphatic carbocycles. The van der Waals surface area contributed by atoms with Crippen LogP contribution in [0.15, 0.2) is 6.07 Å². The van der Waals surface area contributed by atoms with Crippen molar-refractivity contribution in [1.29, 1.82) is 0 Å². The summed E-state index contributed by atoms with van der Waals surface area (Å²) in [6, 6.07) is 0.885. The minimum Gasteiger partial charge on any atom is -0.368 e.